The second-order valence-electron chi connectivity index (χ2n) is 9.86. The molecule has 0 radical (unpaired) electrons. The van der Waals surface area contributed by atoms with Crippen molar-refractivity contribution >= 4 is 33.0 Å². The monoisotopic (exact) mass is 535 g/mol. The molecular formula is C29H33N3O5S. The summed E-state index contributed by atoms with van der Waals surface area (Å²) in [6, 6.07) is 21.6. The first-order valence-electron chi connectivity index (χ1n) is 12.8. The van der Waals surface area contributed by atoms with E-state index in [-0.39, 0.29) is 22.8 Å². The van der Waals surface area contributed by atoms with Crippen LogP contribution in [0.5, 0.6) is 5.75 Å². The fourth-order valence-electron chi connectivity index (χ4n) is 5.25. The minimum atomic E-state index is -3.83. The zero-order valence-corrected chi connectivity index (χ0v) is 22.7. The van der Waals surface area contributed by atoms with Crippen LogP contribution >= 0.6 is 0 Å². The van der Waals surface area contributed by atoms with E-state index in [1.54, 1.807) is 48.4 Å². The minimum Gasteiger partial charge on any atom is -0.497 e. The Labute approximate surface area is 224 Å². The Hall–Kier alpha value is -3.56. The molecule has 200 valence electrons. The molecule has 0 aliphatic carbocycles. The lowest BCUT2D eigenvalue weighted by Gasteiger charge is -2.41. The molecule has 0 aromatic heterocycles. The molecule has 0 saturated carbocycles. The van der Waals surface area contributed by atoms with Crippen molar-refractivity contribution in [3.05, 3.63) is 78.4 Å². The third-order valence-electron chi connectivity index (χ3n) is 7.22. The number of benzene rings is 3. The molecule has 3 aromatic rings. The molecular weight excluding hydrogens is 502 g/mol. The summed E-state index contributed by atoms with van der Waals surface area (Å²) in [5, 5.41) is 0. The van der Waals surface area contributed by atoms with E-state index in [0.29, 0.717) is 49.8 Å². The van der Waals surface area contributed by atoms with Crippen LogP contribution in [0.3, 0.4) is 0 Å². The molecule has 2 heterocycles. The van der Waals surface area contributed by atoms with Gasteiger partial charge in [-0.25, -0.2) is 8.42 Å². The van der Waals surface area contributed by atoms with Crippen molar-refractivity contribution in [2.24, 2.45) is 5.92 Å². The Balaban J connectivity index is 1.30. The van der Waals surface area contributed by atoms with Crippen molar-refractivity contribution in [3.8, 4) is 5.75 Å². The van der Waals surface area contributed by atoms with Crippen molar-refractivity contribution in [2.45, 2.75) is 30.9 Å². The van der Waals surface area contributed by atoms with Crippen LogP contribution in [0.4, 0.5) is 17.1 Å². The van der Waals surface area contributed by atoms with E-state index < -0.39 is 10.0 Å². The lowest BCUT2D eigenvalue weighted by molar-refractivity contribution is -0.122. The van der Waals surface area contributed by atoms with Crippen LogP contribution in [0.15, 0.2) is 77.7 Å². The maximum absolute atomic E-state index is 13.8. The first-order valence-corrected chi connectivity index (χ1v) is 14.2. The van der Waals surface area contributed by atoms with Crippen molar-refractivity contribution in [1.82, 2.24) is 0 Å². The van der Waals surface area contributed by atoms with Gasteiger partial charge < -0.3 is 19.3 Å². The highest BCUT2D eigenvalue weighted by atomic mass is 32.2. The average molecular weight is 536 g/mol. The van der Waals surface area contributed by atoms with Gasteiger partial charge in [0.15, 0.2) is 0 Å². The average Bonchev–Trinajstić information content (AvgIpc) is 3.29. The van der Waals surface area contributed by atoms with Gasteiger partial charge in [0, 0.05) is 31.9 Å². The van der Waals surface area contributed by atoms with Gasteiger partial charge >= 0.3 is 0 Å². The number of carbonyl (C=O) groups is 1. The molecule has 38 heavy (non-hydrogen) atoms. The van der Waals surface area contributed by atoms with Crippen LogP contribution in [0.25, 0.3) is 0 Å². The third-order valence-corrected chi connectivity index (χ3v) is 9.16. The highest BCUT2D eigenvalue weighted by molar-refractivity contribution is 7.92. The number of fused-ring (bicyclic) bond motifs is 1. The standard InChI is InChI=1S/C29H33N3O5S/c1-21-18-30(2)28-17-25(36-3)11-14-27(28)32(21)38(34,35)26-12-9-24(10-13-26)31-16-15-23(29(31)33)20-37-19-22-7-5-4-6-8-22/h4-14,17,21,23H,15-16,18-20H2,1-3H3. The molecule has 2 unspecified atom stereocenters. The second kappa shape index (κ2) is 10.7. The molecule has 1 saturated heterocycles. The Morgan fingerprint density at radius 2 is 1.71 bits per heavy atom. The summed E-state index contributed by atoms with van der Waals surface area (Å²) in [4.78, 5) is 17.0. The molecule has 5 rings (SSSR count). The summed E-state index contributed by atoms with van der Waals surface area (Å²) < 4.78 is 40.2. The molecule has 0 N–H and O–H groups in total. The number of hydrogen-bond acceptors (Lipinski definition) is 6. The van der Waals surface area contributed by atoms with Gasteiger partial charge in [0.1, 0.15) is 5.75 Å². The predicted molar refractivity (Wildman–Crippen MR) is 148 cm³/mol. The second-order valence-corrected chi connectivity index (χ2v) is 11.7. The molecule has 2 aliphatic heterocycles. The highest BCUT2D eigenvalue weighted by Gasteiger charge is 2.37. The molecule has 0 spiro atoms. The lowest BCUT2D eigenvalue weighted by Crippen LogP contribution is -2.49. The SMILES string of the molecule is COc1ccc2c(c1)N(C)CC(C)N2S(=O)(=O)c1ccc(N2CCC(COCc3ccccc3)C2=O)cc1. The smallest absolute Gasteiger partial charge is 0.264 e. The normalized spacial score (nSPS) is 19.6. The van der Waals surface area contributed by atoms with Crippen LogP contribution in [-0.2, 0) is 26.2 Å². The van der Waals surface area contributed by atoms with Gasteiger partial charge in [-0.15, -0.1) is 0 Å². The van der Waals surface area contributed by atoms with Gasteiger partial charge in [0.05, 0.1) is 48.6 Å². The Morgan fingerprint density at radius 1 is 0.974 bits per heavy atom. The summed E-state index contributed by atoms with van der Waals surface area (Å²) >= 11 is 0. The quantitative estimate of drug-likeness (QED) is 0.428. The number of ether oxygens (including phenoxy) is 2. The van der Waals surface area contributed by atoms with E-state index in [1.165, 1.54) is 4.31 Å². The van der Waals surface area contributed by atoms with Gasteiger partial charge in [-0.1, -0.05) is 30.3 Å². The van der Waals surface area contributed by atoms with Crippen LogP contribution in [0, 0.1) is 5.92 Å². The molecule has 8 nitrogen and oxygen atoms in total. The van der Waals surface area contributed by atoms with Gasteiger partial charge in [-0.05, 0) is 55.3 Å². The molecule has 9 heteroatoms. The van der Waals surface area contributed by atoms with E-state index in [4.69, 9.17) is 9.47 Å². The van der Waals surface area contributed by atoms with Crippen molar-refractivity contribution in [1.29, 1.82) is 0 Å². The van der Waals surface area contributed by atoms with Crippen LogP contribution in [0.1, 0.15) is 18.9 Å². The maximum atomic E-state index is 13.8. The van der Waals surface area contributed by atoms with Crippen molar-refractivity contribution < 1.29 is 22.7 Å². The number of nitrogens with zero attached hydrogens (tertiary/aromatic N) is 3. The topological polar surface area (TPSA) is 79.4 Å². The molecule has 2 aliphatic rings. The first kappa shape index (κ1) is 26.1. The molecule has 3 aromatic carbocycles. The van der Waals surface area contributed by atoms with E-state index in [0.717, 1.165) is 11.3 Å². The zero-order chi connectivity index (χ0) is 26.9. The Morgan fingerprint density at radius 3 is 2.42 bits per heavy atom. The number of sulfonamides is 1. The van der Waals surface area contributed by atoms with E-state index >= 15 is 0 Å². The largest absolute Gasteiger partial charge is 0.497 e. The Bertz CT molecular complexity index is 1400. The number of hydrogen-bond donors (Lipinski definition) is 0. The van der Waals surface area contributed by atoms with E-state index in [9.17, 15) is 13.2 Å². The summed E-state index contributed by atoms with van der Waals surface area (Å²) in [6.07, 6.45) is 0.701. The molecule has 0 bridgehead atoms. The number of likely N-dealkylation sites (N-methyl/N-ethyl adjacent to an activating group) is 1. The molecule has 1 amide bonds. The summed E-state index contributed by atoms with van der Waals surface area (Å²) in [5.41, 5.74) is 3.18. The van der Waals surface area contributed by atoms with Crippen LogP contribution in [0.2, 0.25) is 0 Å². The van der Waals surface area contributed by atoms with Crippen LogP contribution in [-0.4, -0.2) is 54.2 Å². The van der Waals surface area contributed by atoms with Crippen molar-refractivity contribution in [2.75, 3.05) is 48.0 Å². The first-order chi connectivity index (χ1) is 18.3. The van der Waals surface area contributed by atoms with E-state index in [2.05, 4.69) is 0 Å². The van der Waals surface area contributed by atoms with E-state index in [1.807, 2.05) is 55.3 Å². The zero-order valence-electron chi connectivity index (χ0n) is 21.9. The predicted octanol–water partition coefficient (Wildman–Crippen LogP) is 4.30. The number of amides is 1. The number of anilines is 3. The van der Waals surface area contributed by atoms with Crippen LogP contribution < -0.4 is 18.8 Å². The highest BCUT2D eigenvalue weighted by Crippen LogP contribution is 2.40. The van der Waals surface area contributed by atoms with Gasteiger partial charge in [-0.3, -0.25) is 9.10 Å². The Kier molecular flexibility index (Phi) is 7.32. The number of carbonyl (C=O) groups excluding carboxylic acids is 1. The number of rotatable bonds is 8. The number of methoxy groups -OCH3 is 1. The fourth-order valence-corrected chi connectivity index (χ4v) is 6.91. The summed E-state index contributed by atoms with van der Waals surface area (Å²) in [6.45, 7) is 3.86. The van der Waals surface area contributed by atoms with Gasteiger partial charge in [0.25, 0.3) is 10.0 Å². The van der Waals surface area contributed by atoms with Crippen molar-refractivity contribution in [3.63, 3.8) is 0 Å². The van der Waals surface area contributed by atoms with Gasteiger partial charge in [0.2, 0.25) is 5.91 Å². The minimum absolute atomic E-state index is 0.00392. The fraction of sp³-hybridized carbons (Fsp3) is 0.345. The molecule has 2 atom stereocenters. The summed E-state index contributed by atoms with van der Waals surface area (Å²) in [5.74, 6) is 0.469. The molecule has 1 fully saturated rings. The summed E-state index contributed by atoms with van der Waals surface area (Å²) in [7, 11) is -0.292. The lowest BCUT2D eigenvalue weighted by atomic mass is 10.1. The third kappa shape index (κ3) is 4.96. The van der Waals surface area contributed by atoms with Gasteiger partial charge in [-0.2, -0.15) is 0 Å². The maximum Gasteiger partial charge on any atom is 0.264 e.